The van der Waals surface area contributed by atoms with Crippen molar-refractivity contribution in [2.75, 3.05) is 17.3 Å². The number of aromatic nitrogens is 1. The summed E-state index contributed by atoms with van der Waals surface area (Å²) in [6, 6.07) is 12.8. The molecule has 1 aromatic carbocycles. The van der Waals surface area contributed by atoms with E-state index in [-0.39, 0.29) is 36.1 Å². The zero-order valence-corrected chi connectivity index (χ0v) is 16.1. The molecule has 2 aromatic rings. The number of amides is 1. The van der Waals surface area contributed by atoms with Crippen molar-refractivity contribution >= 4 is 23.2 Å². The lowest BCUT2D eigenvalue weighted by atomic mass is 9.84. The molecule has 2 aliphatic rings. The highest BCUT2D eigenvalue weighted by Crippen LogP contribution is 2.40. The van der Waals surface area contributed by atoms with Gasteiger partial charge in [0.15, 0.2) is 5.78 Å². The molecule has 1 aromatic heterocycles. The fourth-order valence-corrected chi connectivity index (χ4v) is 4.09. The molecule has 0 bridgehead atoms. The van der Waals surface area contributed by atoms with Crippen molar-refractivity contribution < 1.29 is 14.0 Å². The van der Waals surface area contributed by atoms with Crippen LogP contribution in [0.1, 0.15) is 31.4 Å². The second-order valence-electron chi connectivity index (χ2n) is 7.51. The largest absolute Gasteiger partial charge is 0.379 e. The molecule has 7 heteroatoms. The number of allylic oxidation sites excluding steroid dienone is 1. The summed E-state index contributed by atoms with van der Waals surface area (Å²) in [5, 5.41) is 9.61. The smallest absolute Gasteiger partial charge is 0.222 e. The van der Waals surface area contributed by atoms with Crippen molar-refractivity contribution in [3.8, 4) is 0 Å². The third kappa shape index (κ3) is 3.99. The number of hydrogen-bond acceptors (Lipinski definition) is 5. The third-order valence-corrected chi connectivity index (χ3v) is 5.33. The van der Waals surface area contributed by atoms with Gasteiger partial charge in [-0.1, -0.05) is 18.2 Å². The van der Waals surface area contributed by atoms with E-state index in [1.54, 1.807) is 12.3 Å². The first-order valence-corrected chi connectivity index (χ1v) is 9.69. The molecule has 0 saturated heterocycles. The molecule has 0 fully saturated rings. The van der Waals surface area contributed by atoms with Gasteiger partial charge in [-0.15, -0.1) is 0 Å². The van der Waals surface area contributed by atoms with Gasteiger partial charge >= 0.3 is 0 Å². The number of rotatable bonds is 5. The maximum Gasteiger partial charge on any atom is 0.222 e. The number of Topliss-reactive ketones (excluding diaryl/α,β-unsaturated/α-hetero) is 1. The lowest BCUT2D eigenvalue weighted by Crippen LogP contribution is -2.33. The van der Waals surface area contributed by atoms with E-state index in [1.165, 1.54) is 6.92 Å². The molecule has 150 valence electrons. The second-order valence-corrected chi connectivity index (χ2v) is 7.51. The van der Waals surface area contributed by atoms with Gasteiger partial charge in [-0.25, -0.2) is 4.98 Å². The first kappa shape index (κ1) is 19.1. The molecule has 2 heterocycles. The minimum Gasteiger partial charge on any atom is -0.379 e. The van der Waals surface area contributed by atoms with Gasteiger partial charge in [0.1, 0.15) is 5.82 Å². The molecule has 1 aliphatic heterocycles. The number of pyridine rings is 1. The molecule has 0 spiro atoms. The standard InChI is InChI=1S/C22H23FN4O2/c1-13(28)25-19-11-15(7-8-24-19)21-22(26-16-5-3-2-4-6-16)20-17(27-21)9-14(12-23)10-18(20)29/h2-8,11,14,21-22,26-27H,9-10,12H2,1H3,(H,24,25,28). The Kier molecular flexibility index (Phi) is 5.29. The monoisotopic (exact) mass is 394 g/mol. The maximum absolute atomic E-state index is 13.3. The Bertz CT molecular complexity index is 960. The van der Waals surface area contributed by atoms with Crippen molar-refractivity contribution in [3.05, 3.63) is 65.5 Å². The minimum absolute atomic E-state index is 0.0199. The van der Waals surface area contributed by atoms with E-state index in [9.17, 15) is 14.0 Å². The number of nitrogens with one attached hydrogen (secondary N) is 3. The zero-order chi connectivity index (χ0) is 20.4. The number of carbonyl (C=O) groups is 2. The zero-order valence-electron chi connectivity index (χ0n) is 16.1. The van der Waals surface area contributed by atoms with Gasteiger partial charge < -0.3 is 16.0 Å². The van der Waals surface area contributed by atoms with Gasteiger partial charge in [-0.05, 0) is 42.2 Å². The molecule has 6 nitrogen and oxygen atoms in total. The average molecular weight is 394 g/mol. The van der Waals surface area contributed by atoms with E-state index < -0.39 is 6.67 Å². The Morgan fingerprint density at radius 1 is 1.24 bits per heavy atom. The summed E-state index contributed by atoms with van der Waals surface area (Å²) in [6.45, 7) is 0.922. The second kappa shape index (κ2) is 8.03. The molecule has 0 saturated carbocycles. The van der Waals surface area contributed by atoms with Crippen LogP contribution >= 0.6 is 0 Å². The highest BCUT2D eigenvalue weighted by atomic mass is 19.1. The van der Waals surface area contributed by atoms with E-state index in [0.29, 0.717) is 17.8 Å². The first-order valence-electron chi connectivity index (χ1n) is 9.69. The van der Waals surface area contributed by atoms with Gasteiger partial charge in [-0.3, -0.25) is 14.0 Å². The molecule has 1 aliphatic carbocycles. The minimum atomic E-state index is -0.506. The van der Waals surface area contributed by atoms with Crippen LogP contribution in [0.5, 0.6) is 0 Å². The number of benzene rings is 1. The molecule has 3 unspecified atom stereocenters. The van der Waals surface area contributed by atoms with Gasteiger partial charge in [0.25, 0.3) is 0 Å². The number of anilines is 2. The lowest BCUT2D eigenvalue weighted by Gasteiger charge is -2.25. The van der Waals surface area contributed by atoms with Crippen LogP contribution < -0.4 is 16.0 Å². The number of para-hydroxylation sites is 1. The summed E-state index contributed by atoms with van der Waals surface area (Å²) in [4.78, 5) is 28.4. The van der Waals surface area contributed by atoms with Crippen LogP contribution in [0, 0.1) is 5.92 Å². The van der Waals surface area contributed by atoms with Crippen LogP contribution in [-0.2, 0) is 9.59 Å². The first-order chi connectivity index (χ1) is 14.0. The topological polar surface area (TPSA) is 83.1 Å². The predicted molar refractivity (Wildman–Crippen MR) is 109 cm³/mol. The van der Waals surface area contributed by atoms with E-state index >= 15 is 0 Å². The number of ketones is 1. The predicted octanol–water partition coefficient (Wildman–Crippen LogP) is 3.37. The van der Waals surface area contributed by atoms with Crippen LogP contribution in [0.2, 0.25) is 0 Å². The summed E-state index contributed by atoms with van der Waals surface area (Å²) in [5.74, 6) is -0.0507. The molecule has 3 atom stereocenters. The number of nitrogens with zero attached hydrogens (tertiary/aromatic N) is 1. The van der Waals surface area contributed by atoms with Crippen molar-refractivity contribution in [1.82, 2.24) is 10.3 Å². The molecule has 4 rings (SSSR count). The lowest BCUT2D eigenvalue weighted by molar-refractivity contribution is -0.117. The van der Waals surface area contributed by atoms with Crippen LogP contribution in [0.15, 0.2) is 59.9 Å². The number of hydrogen-bond donors (Lipinski definition) is 3. The van der Waals surface area contributed by atoms with Crippen molar-refractivity contribution in [3.63, 3.8) is 0 Å². The van der Waals surface area contributed by atoms with E-state index in [0.717, 1.165) is 16.9 Å². The molecule has 29 heavy (non-hydrogen) atoms. The maximum atomic E-state index is 13.3. The Balaban J connectivity index is 1.69. The van der Waals surface area contributed by atoms with Gasteiger partial charge in [0, 0.05) is 36.5 Å². The molecular formula is C22H23FN4O2. The van der Waals surface area contributed by atoms with Crippen LogP contribution in [-0.4, -0.2) is 29.4 Å². The van der Waals surface area contributed by atoms with Crippen LogP contribution in [0.25, 0.3) is 0 Å². The van der Waals surface area contributed by atoms with Crippen LogP contribution in [0.4, 0.5) is 15.9 Å². The molecular weight excluding hydrogens is 371 g/mol. The fraction of sp³-hybridized carbons (Fsp3) is 0.318. The van der Waals surface area contributed by atoms with Gasteiger partial charge in [0.2, 0.25) is 5.91 Å². The number of carbonyl (C=O) groups excluding carboxylic acids is 2. The highest BCUT2D eigenvalue weighted by Gasteiger charge is 2.42. The number of alkyl halides is 1. The van der Waals surface area contributed by atoms with Crippen LogP contribution in [0.3, 0.4) is 0 Å². The Morgan fingerprint density at radius 3 is 2.76 bits per heavy atom. The quantitative estimate of drug-likeness (QED) is 0.724. The van der Waals surface area contributed by atoms with E-state index in [2.05, 4.69) is 20.9 Å². The third-order valence-electron chi connectivity index (χ3n) is 5.33. The molecule has 1 amide bonds. The molecule has 0 radical (unpaired) electrons. The van der Waals surface area contributed by atoms with Crippen molar-refractivity contribution in [2.24, 2.45) is 5.92 Å². The van der Waals surface area contributed by atoms with Crippen molar-refractivity contribution in [2.45, 2.75) is 31.8 Å². The molecule has 3 N–H and O–H groups in total. The Labute approximate surface area is 168 Å². The Hall–Kier alpha value is -3.22. The SMILES string of the molecule is CC(=O)Nc1cc(C2NC3=C(C(=O)CC(CF)C3)C2Nc2ccccc2)ccn1. The van der Waals surface area contributed by atoms with E-state index in [1.807, 2.05) is 36.4 Å². The summed E-state index contributed by atoms with van der Waals surface area (Å²) < 4.78 is 13.3. The van der Waals surface area contributed by atoms with Gasteiger partial charge in [0.05, 0.1) is 18.8 Å². The summed E-state index contributed by atoms with van der Waals surface area (Å²) >= 11 is 0. The fourth-order valence-electron chi connectivity index (χ4n) is 4.09. The number of halogens is 1. The summed E-state index contributed by atoms with van der Waals surface area (Å²) in [7, 11) is 0. The Morgan fingerprint density at radius 2 is 2.03 bits per heavy atom. The average Bonchev–Trinajstić information content (AvgIpc) is 3.07. The normalized spacial score (nSPS) is 23.4. The highest BCUT2D eigenvalue weighted by molar-refractivity contribution is 5.99. The van der Waals surface area contributed by atoms with Gasteiger partial charge in [-0.2, -0.15) is 0 Å². The summed E-state index contributed by atoms with van der Waals surface area (Å²) in [6.07, 6.45) is 2.38. The summed E-state index contributed by atoms with van der Waals surface area (Å²) in [5.41, 5.74) is 3.28. The van der Waals surface area contributed by atoms with Crippen molar-refractivity contribution in [1.29, 1.82) is 0 Å². The van der Waals surface area contributed by atoms with E-state index in [4.69, 9.17) is 0 Å².